The van der Waals surface area contributed by atoms with Gasteiger partial charge in [0.15, 0.2) is 0 Å². The van der Waals surface area contributed by atoms with Crippen molar-refractivity contribution in [2.75, 3.05) is 26.4 Å². The normalized spacial score (nSPS) is 11.1. The third-order valence-corrected chi connectivity index (χ3v) is 3.02. The van der Waals surface area contributed by atoms with Crippen LogP contribution in [0.15, 0.2) is 12.1 Å². The molecule has 0 saturated heterocycles. The van der Waals surface area contributed by atoms with Gasteiger partial charge in [-0.25, -0.2) is 0 Å². The van der Waals surface area contributed by atoms with Gasteiger partial charge in [-0.15, -0.1) is 0 Å². The number of hydrogen-bond acceptors (Lipinski definition) is 3. The van der Waals surface area contributed by atoms with Gasteiger partial charge in [0.2, 0.25) is 0 Å². The molecule has 114 valence electrons. The minimum Gasteiger partial charge on any atom is -0.491 e. The second-order valence-corrected chi connectivity index (χ2v) is 5.66. The molecule has 0 heterocycles. The first-order chi connectivity index (χ1) is 9.54. The van der Waals surface area contributed by atoms with Crippen molar-refractivity contribution in [3.63, 3.8) is 0 Å². The number of ether oxygens (including phenoxy) is 2. The maximum atomic E-state index is 5.86. The zero-order valence-corrected chi connectivity index (χ0v) is 13.6. The highest BCUT2D eigenvalue weighted by atomic mass is 16.5. The average molecular weight is 279 g/mol. The minimum atomic E-state index is 0.573. The first-order valence-corrected chi connectivity index (χ1v) is 7.56. The summed E-state index contributed by atoms with van der Waals surface area (Å²) < 4.78 is 11.4. The van der Waals surface area contributed by atoms with Gasteiger partial charge in [0.1, 0.15) is 12.4 Å². The van der Waals surface area contributed by atoms with E-state index in [2.05, 4.69) is 52.1 Å². The topological polar surface area (TPSA) is 30.5 Å². The van der Waals surface area contributed by atoms with Crippen LogP contribution in [-0.4, -0.2) is 26.4 Å². The molecule has 0 radical (unpaired) electrons. The van der Waals surface area contributed by atoms with E-state index in [0.717, 1.165) is 25.4 Å². The Hall–Kier alpha value is -1.06. The molecule has 1 aromatic rings. The Labute approximate surface area is 123 Å². The summed E-state index contributed by atoms with van der Waals surface area (Å²) in [4.78, 5) is 0. The summed E-state index contributed by atoms with van der Waals surface area (Å²) in [5.74, 6) is 1.57. The summed E-state index contributed by atoms with van der Waals surface area (Å²) in [6.07, 6.45) is 0. The molecule has 0 spiro atoms. The lowest BCUT2D eigenvalue weighted by molar-refractivity contribution is 0.0815. The number of benzene rings is 1. The zero-order valence-electron chi connectivity index (χ0n) is 13.6. The molecule has 0 saturated carbocycles. The fraction of sp³-hybridized carbons (Fsp3) is 0.647. The fourth-order valence-electron chi connectivity index (χ4n) is 2.16. The van der Waals surface area contributed by atoms with Gasteiger partial charge < -0.3 is 14.8 Å². The number of rotatable bonds is 9. The Morgan fingerprint density at radius 2 is 1.75 bits per heavy atom. The van der Waals surface area contributed by atoms with Crippen molar-refractivity contribution in [2.24, 2.45) is 5.92 Å². The van der Waals surface area contributed by atoms with Crippen LogP contribution >= 0.6 is 0 Å². The van der Waals surface area contributed by atoms with Gasteiger partial charge in [-0.1, -0.05) is 32.9 Å². The lowest BCUT2D eigenvalue weighted by Gasteiger charge is -2.15. The molecular formula is C17H29NO2. The van der Waals surface area contributed by atoms with Gasteiger partial charge in [-0.05, 0) is 43.0 Å². The Morgan fingerprint density at radius 3 is 2.30 bits per heavy atom. The van der Waals surface area contributed by atoms with E-state index >= 15 is 0 Å². The summed E-state index contributed by atoms with van der Waals surface area (Å²) in [6.45, 7) is 14.6. The largest absolute Gasteiger partial charge is 0.491 e. The van der Waals surface area contributed by atoms with Crippen LogP contribution in [-0.2, 0) is 11.3 Å². The van der Waals surface area contributed by atoms with Crippen LogP contribution in [0.3, 0.4) is 0 Å². The third-order valence-electron chi connectivity index (χ3n) is 3.02. The SMILES string of the molecule is CCNCc1cc(C)c(OCCOCC(C)C)c(C)c1. The van der Waals surface area contributed by atoms with E-state index in [4.69, 9.17) is 9.47 Å². The minimum absolute atomic E-state index is 0.573. The van der Waals surface area contributed by atoms with Crippen LogP contribution in [0.2, 0.25) is 0 Å². The highest BCUT2D eigenvalue weighted by molar-refractivity contribution is 5.43. The summed E-state index contributed by atoms with van der Waals surface area (Å²) in [5.41, 5.74) is 3.70. The van der Waals surface area contributed by atoms with E-state index in [1.54, 1.807) is 0 Å². The maximum absolute atomic E-state index is 5.86. The molecule has 0 aliphatic carbocycles. The number of aryl methyl sites for hydroxylation is 2. The molecular weight excluding hydrogens is 250 g/mol. The molecule has 0 aromatic heterocycles. The molecule has 0 fully saturated rings. The molecule has 20 heavy (non-hydrogen) atoms. The Balaban J connectivity index is 2.49. The number of hydrogen-bond donors (Lipinski definition) is 1. The lowest BCUT2D eigenvalue weighted by Crippen LogP contribution is -2.13. The standard InChI is InChI=1S/C17H29NO2/c1-6-18-11-16-9-14(4)17(15(5)10-16)20-8-7-19-12-13(2)3/h9-10,13,18H,6-8,11-12H2,1-5H3. The molecule has 0 unspecified atom stereocenters. The van der Waals surface area contributed by atoms with Gasteiger partial charge in [0.25, 0.3) is 0 Å². The van der Waals surface area contributed by atoms with Crippen molar-refractivity contribution < 1.29 is 9.47 Å². The Kier molecular flexibility index (Phi) is 7.63. The van der Waals surface area contributed by atoms with Crippen molar-refractivity contribution in [1.82, 2.24) is 5.32 Å². The van der Waals surface area contributed by atoms with E-state index in [-0.39, 0.29) is 0 Å². The van der Waals surface area contributed by atoms with Gasteiger partial charge in [0, 0.05) is 13.2 Å². The smallest absolute Gasteiger partial charge is 0.125 e. The van der Waals surface area contributed by atoms with Crippen LogP contribution in [0.1, 0.15) is 37.5 Å². The van der Waals surface area contributed by atoms with Gasteiger partial charge in [-0.3, -0.25) is 0 Å². The molecule has 3 nitrogen and oxygen atoms in total. The van der Waals surface area contributed by atoms with Crippen LogP contribution in [0.4, 0.5) is 0 Å². The van der Waals surface area contributed by atoms with Crippen molar-refractivity contribution >= 4 is 0 Å². The molecule has 0 bridgehead atoms. The molecule has 0 aliphatic heterocycles. The fourth-order valence-corrected chi connectivity index (χ4v) is 2.16. The van der Waals surface area contributed by atoms with Gasteiger partial charge in [-0.2, -0.15) is 0 Å². The summed E-state index contributed by atoms with van der Waals surface area (Å²) in [7, 11) is 0. The van der Waals surface area contributed by atoms with Gasteiger partial charge >= 0.3 is 0 Å². The monoisotopic (exact) mass is 279 g/mol. The van der Waals surface area contributed by atoms with Crippen molar-refractivity contribution in [1.29, 1.82) is 0 Å². The van der Waals surface area contributed by atoms with E-state index in [0.29, 0.717) is 19.1 Å². The van der Waals surface area contributed by atoms with E-state index in [1.807, 2.05) is 0 Å². The van der Waals surface area contributed by atoms with Gasteiger partial charge in [0.05, 0.1) is 6.61 Å². The molecule has 1 N–H and O–H groups in total. The van der Waals surface area contributed by atoms with Crippen molar-refractivity contribution in [2.45, 2.75) is 41.2 Å². The predicted octanol–water partition coefficient (Wildman–Crippen LogP) is 3.46. The number of nitrogens with one attached hydrogen (secondary N) is 1. The van der Waals surface area contributed by atoms with Crippen LogP contribution in [0.5, 0.6) is 5.75 Å². The molecule has 0 amide bonds. The quantitative estimate of drug-likeness (QED) is 0.702. The molecule has 3 heteroatoms. The van der Waals surface area contributed by atoms with Crippen molar-refractivity contribution in [3.05, 3.63) is 28.8 Å². The van der Waals surface area contributed by atoms with Crippen LogP contribution in [0, 0.1) is 19.8 Å². The second kappa shape index (κ2) is 8.98. The van der Waals surface area contributed by atoms with E-state index in [9.17, 15) is 0 Å². The Morgan fingerprint density at radius 1 is 1.10 bits per heavy atom. The maximum Gasteiger partial charge on any atom is 0.125 e. The predicted molar refractivity (Wildman–Crippen MR) is 84.4 cm³/mol. The highest BCUT2D eigenvalue weighted by Crippen LogP contribution is 2.24. The second-order valence-electron chi connectivity index (χ2n) is 5.66. The van der Waals surface area contributed by atoms with E-state index in [1.165, 1.54) is 16.7 Å². The average Bonchev–Trinajstić information content (AvgIpc) is 2.38. The highest BCUT2D eigenvalue weighted by Gasteiger charge is 2.06. The molecule has 1 rings (SSSR count). The first kappa shape index (κ1) is 17.0. The third kappa shape index (κ3) is 5.93. The molecule has 1 aromatic carbocycles. The lowest BCUT2D eigenvalue weighted by atomic mass is 10.1. The first-order valence-electron chi connectivity index (χ1n) is 7.56. The molecule has 0 aliphatic rings. The molecule has 0 atom stereocenters. The van der Waals surface area contributed by atoms with E-state index < -0.39 is 0 Å². The van der Waals surface area contributed by atoms with Crippen LogP contribution in [0.25, 0.3) is 0 Å². The van der Waals surface area contributed by atoms with Crippen molar-refractivity contribution in [3.8, 4) is 5.75 Å². The summed E-state index contributed by atoms with van der Waals surface area (Å²) in [6, 6.07) is 4.39. The summed E-state index contributed by atoms with van der Waals surface area (Å²) >= 11 is 0. The Bertz CT molecular complexity index is 379. The summed E-state index contributed by atoms with van der Waals surface area (Å²) in [5, 5.41) is 3.35. The van der Waals surface area contributed by atoms with Crippen LogP contribution < -0.4 is 10.1 Å². The zero-order chi connectivity index (χ0) is 15.0.